The van der Waals surface area contributed by atoms with E-state index in [1.54, 1.807) is 0 Å². The molecule has 0 fully saturated rings. The molecule has 142 valence electrons. The molecule has 1 nitrogen and oxygen atoms in total. The normalized spacial score (nSPS) is 12.5. The number of hydrogen-bond donors (Lipinski definition) is 0. The summed E-state index contributed by atoms with van der Waals surface area (Å²) in [7, 11) is 0. The third-order valence-electron chi connectivity index (χ3n) is 4.64. The third-order valence-corrected chi connectivity index (χ3v) is 7.03. The molecular weight excluding hydrogens is 354 g/mol. The van der Waals surface area contributed by atoms with E-state index in [1.807, 2.05) is 11.8 Å². The number of nitrogens with zero attached hydrogens (tertiary/aromatic N) is 1. The monoisotopic (exact) mass is 387 g/mol. The van der Waals surface area contributed by atoms with Gasteiger partial charge in [0.05, 0.1) is 5.25 Å². The summed E-state index contributed by atoms with van der Waals surface area (Å²) in [5.74, 6) is 2.38. The second-order valence-corrected chi connectivity index (χ2v) is 8.84. The molecule has 2 aromatic rings. The van der Waals surface area contributed by atoms with Crippen molar-refractivity contribution in [2.24, 2.45) is 0 Å². The van der Waals surface area contributed by atoms with Crippen LogP contribution in [-0.2, 0) is 0 Å². The van der Waals surface area contributed by atoms with E-state index in [0.717, 1.165) is 25.4 Å². The molecule has 26 heavy (non-hydrogen) atoms. The quantitative estimate of drug-likeness (QED) is 0.293. The molecule has 0 aromatic heterocycles. The summed E-state index contributed by atoms with van der Waals surface area (Å²) >= 11 is 4.04. The zero-order valence-corrected chi connectivity index (χ0v) is 18.1. The largest absolute Gasteiger partial charge is 0.303 e. The van der Waals surface area contributed by atoms with Crippen LogP contribution >= 0.6 is 23.5 Å². The molecule has 2 aromatic carbocycles. The number of rotatable bonds is 12. The Morgan fingerprint density at radius 1 is 0.808 bits per heavy atom. The zero-order valence-electron chi connectivity index (χ0n) is 16.5. The predicted molar refractivity (Wildman–Crippen MR) is 121 cm³/mol. The van der Waals surface area contributed by atoms with Crippen LogP contribution in [0.15, 0.2) is 59.5 Å². The van der Waals surface area contributed by atoms with Crippen LogP contribution in [-0.4, -0.2) is 36.0 Å². The van der Waals surface area contributed by atoms with Gasteiger partial charge in [0.1, 0.15) is 0 Å². The van der Waals surface area contributed by atoms with Crippen LogP contribution in [0.5, 0.6) is 0 Å². The molecule has 0 amide bonds. The molecule has 0 aliphatic rings. The van der Waals surface area contributed by atoms with Crippen molar-refractivity contribution in [1.29, 1.82) is 0 Å². The highest BCUT2D eigenvalue weighted by Gasteiger charge is 2.15. The van der Waals surface area contributed by atoms with Crippen molar-refractivity contribution >= 4 is 23.5 Å². The number of unbranched alkanes of at least 4 members (excludes halogenated alkanes) is 1. The van der Waals surface area contributed by atoms with Gasteiger partial charge in [-0.1, -0.05) is 69.7 Å². The molecule has 3 heteroatoms. The van der Waals surface area contributed by atoms with Gasteiger partial charge in [-0.3, -0.25) is 0 Å². The minimum Gasteiger partial charge on any atom is -0.303 e. The Bertz CT molecular complexity index is 593. The van der Waals surface area contributed by atoms with E-state index in [9.17, 15) is 0 Å². The molecule has 0 N–H and O–H groups in total. The summed E-state index contributed by atoms with van der Waals surface area (Å²) < 4.78 is 0. The molecule has 2 rings (SSSR count). The van der Waals surface area contributed by atoms with E-state index < -0.39 is 0 Å². The van der Waals surface area contributed by atoms with Crippen molar-refractivity contribution in [3.05, 3.63) is 65.7 Å². The van der Waals surface area contributed by atoms with Gasteiger partial charge in [-0.25, -0.2) is 0 Å². The Kier molecular flexibility index (Phi) is 10.3. The molecule has 0 heterocycles. The van der Waals surface area contributed by atoms with Gasteiger partial charge in [0.2, 0.25) is 0 Å². The number of thioether (sulfide) groups is 2. The summed E-state index contributed by atoms with van der Waals surface area (Å²) in [5, 5.41) is 0.418. The zero-order chi connectivity index (χ0) is 18.6. The van der Waals surface area contributed by atoms with Gasteiger partial charge in [-0.15, -0.1) is 23.5 Å². The van der Waals surface area contributed by atoms with Crippen LogP contribution in [0.1, 0.15) is 50.0 Å². The van der Waals surface area contributed by atoms with E-state index in [1.165, 1.54) is 34.6 Å². The summed E-state index contributed by atoms with van der Waals surface area (Å²) in [4.78, 5) is 3.89. The van der Waals surface area contributed by atoms with Crippen LogP contribution in [0, 0.1) is 0 Å². The summed E-state index contributed by atoms with van der Waals surface area (Å²) in [6.45, 7) is 10.2. The molecule has 1 atom stereocenters. The number of hydrogen-bond acceptors (Lipinski definition) is 3. The lowest BCUT2D eigenvalue weighted by atomic mass is 10.0. The molecular formula is C23H33NS2. The highest BCUT2D eigenvalue weighted by molar-refractivity contribution is 7.99. The fourth-order valence-electron chi connectivity index (χ4n) is 2.93. The van der Waals surface area contributed by atoms with Crippen LogP contribution in [0.4, 0.5) is 0 Å². The topological polar surface area (TPSA) is 3.24 Å². The van der Waals surface area contributed by atoms with E-state index in [-0.39, 0.29) is 0 Å². The van der Waals surface area contributed by atoms with Crippen molar-refractivity contribution < 1.29 is 0 Å². The maximum absolute atomic E-state index is 2.50. The highest BCUT2D eigenvalue weighted by Crippen LogP contribution is 2.36. The molecule has 0 saturated heterocycles. The molecule has 0 aliphatic heterocycles. The van der Waals surface area contributed by atoms with E-state index in [2.05, 4.69) is 92.0 Å². The molecule has 0 saturated carbocycles. The van der Waals surface area contributed by atoms with Gasteiger partial charge in [0, 0.05) is 17.2 Å². The Labute approximate surface area is 169 Å². The third kappa shape index (κ3) is 7.02. The first-order valence-electron chi connectivity index (χ1n) is 9.90. The van der Waals surface area contributed by atoms with Crippen molar-refractivity contribution in [2.45, 2.75) is 43.8 Å². The first-order chi connectivity index (χ1) is 12.8. The van der Waals surface area contributed by atoms with Crippen molar-refractivity contribution in [2.75, 3.05) is 31.1 Å². The maximum atomic E-state index is 2.50. The second-order valence-electron chi connectivity index (χ2n) is 6.46. The summed E-state index contributed by atoms with van der Waals surface area (Å²) in [6.07, 6.45) is 2.56. The summed E-state index contributed by atoms with van der Waals surface area (Å²) in [6, 6.07) is 20.2. The lowest BCUT2D eigenvalue weighted by Gasteiger charge is -2.22. The second kappa shape index (κ2) is 12.5. The smallest absolute Gasteiger partial charge is 0.0547 e. The van der Waals surface area contributed by atoms with Gasteiger partial charge in [-0.2, -0.15) is 0 Å². The van der Waals surface area contributed by atoms with Gasteiger partial charge in [-0.05, 0) is 48.5 Å². The average molecular weight is 388 g/mol. The average Bonchev–Trinajstić information content (AvgIpc) is 2.70. The number of benzene rings is 2. The van der Waals surface area contributed by atoms with E-state index >= 15 is 0 Å². The Balaban J connectivity index is 2.06. The maximum Gasteiger partial charge on any atom is 0.0547 e. The Morgan fingerprint density at radius 2 is 1.46 bits per heavy atom. The summed E-state index contributed by atoms with van der Waals surface area (Å²) in [5.41, 5.74) is 2.82. The minimum atomic E-state index is 0.418. The van der Waals surface area contributed by atoms with E-state index in [4.69, 9.17) is 0 Å². The lowest BCUT2D eigenvalue weighted by Crippen LogP contribution is -2.25. The molecule has 0 aliphatic carbocycles. The van der Waals surface area contributed by atoms with Crippen molar-refractivity contribution in [3.8, 4) is 0 Å². The molecule has 0 unspecified atom stereocenters. The van der Waals surface area contributed by atoms with Crippen molar-refractivity contribution in [1.82, 2.24) is 4.90 Å². The van der Waals surface area contributed by atoms with Crippen LogP contribution in [0.25, 0.3) is 0 Å². The van der Waals surface area contributed by atoms with Crippen LogP contribution in [0.2, 0.25) is 0 Å². The first-order valence-corrected chi connectivity index (χ1v) is 11.9. The van der Waals surface area contributed by atoms with Gasteiger partial charge in [0.25, 0.3) is 0 Å². The van der Waals surface area contributed by atoms with Crippen LogP contribution in [0.3, 0.4) is 0 Å². The fraction of sp³-hybridized carbons (Fsp3) is 0.478. The van der Waals surface area contributed by atoms with Gasteiger partial charge < -0.3 is 4.90 Å². The lowest BCUT2D eigenvalue weighted by molar-refractivity contribution is 0.324. The molecule has 0 spiro atoms. The molecule has 0 bridgehead atoms. The SMILES string of the molecule is CCCCSc1ccc([C@@H](SCCN(CC)CC)c2ccccc2)cc1. The standard InChI is InChI=1S/C23H33NS2/c1-4-7-18-25-22-15-13-21(14-16-22)23(20-11-9-8-10-12-20)26-19-17-24(5-2)6-3/h8-16,23H,4-7,17-19H2,1-3H3/t23-/m0/s1. The fourth-order valence-corrected chi connectivity index (χ4v) is 5.22. The predicted octanol–water partition coefficient (Wildman–Crippen LogP) is 6.74. The minimum absolute atomic E-state index is 0.418. The van der Waals surface area contributed by atoms with E-state index in [0.29, 0.717) is 5.25 Å². The van der Waals surface area contributed by atoms with Gasteiger partial charge >= 0.3 is 0 Å². The van der Waals surface area contributed by atoms with Gasteiger partial charge in [0.15, 0.2) is 0 Å². The van der Waals surface area contributed by atoms with Crippen molar-refractivity contribution in [3.63, 3.8) is 0 Å². The van der Waals surface area contributed by atoms with Crippen LogP contribution < -0.4 is 0 Å². The molecule has 0 radical (unpaired) electrons. The first kappa shape index (κ1) is 21.4. The highest BCUT2D eigenvalue weighted by atomic mass is 32.2. The Hall–Kier alpha value is -0.900. The Morgan fingerprint density at radius 3 is 2.08 bits per heavy atom.